The number of nitrogens with zero attached hydrogens (tertiary/aromatic N) is 4. The van der Waals surface area contributed by atoms with Gasteiger partial charge in [0, 0.05) is 11.6 Å². The van der Waals surface area contributed by atoms with Gasteiger partial charge in [-0.2, -0.15) is 0 Å². The van der Waals surface area contributed by atoms with Gasteiger partial charge in [0.2, 0.25) is 0 Å². The van der Waals surface area contributed by atoms with Crippen molar-refractivity contribution in [2.45, 2.75) is 13.5 Å². The summed E-state index contributed by atoms with van der Waals surface area (Å²) in [6, 6.07) is 5.48. The van der Waals surface area contributed by atoms with Gasteiger partial charge in [-0.3, -0.25) is 4.40 Å². The Morgan fingerprint density at radius 1 is 1.41 bits per heavy atom. The molecule has 0 radical (unpaired) electrons. The fourth-order valence-corrected chi connectivity index (χ4v) is 2.31. The van der Waals surface area contributed by atoms with Crippen LogP contribution in [0.3, 0.4) is 0 Å². The molecule has 0 saturated heterocycles. The lowest BCUT2D eigenvalue weighted by molar-refractivity contribution is 0.648. The van der Waals surface area contributed by atoms with E-state index in [1.165, 1.54) is 9.08 Å². The Morgan fingerprint density at radius 2 is 2.29 bits per heavy atom. The van der Waals surface area contributed by atoms with Crippen molar-refractivity contribution in [2.75, 3.05) is 0 Å². The molecule has 0 spiro atoms. The van der Waals surface area contributed by atoms with Gasteiger partial charge in [0.15, 0.2) is 5.65 Å². The van der Waals surface area contributed by atoms with Crippen molar-refractivity contribution >= 4 is 17.0 Å². The van der Waals surface area contributed by atoms with Crippen LogP contribution in [0.2, 0.25) is 0 Å². The third-order valence-corrected chi connectivity index (χ3v) is 3.29. The summed E-state index contributed by atoms with van der Waals surface area (Å²) in [7, 11) is 0. The molecule has 0 aliphatic carbocycles. The lowest BCUT2D eigenvalue weighted by Gasteiger charge is -1.93. The first-order chi connectivity index (χ1) is 8.24. The molecule has 0 fully saturated rings. The minimum absolute atomic E-state index is 0.133. The molecule has 3 aromatic heterocycles. The average molecular weight is 246 g/mol. The summed E-state index contributed by atoms with van der Waals surface area (Å²) >= 11 is 1.58. The molecule has 86 valence electrons. The Kier molecular flexibility index (Phi) is 2.29. The van der Waals surface area contributed by atoms with Gasteiger partial charge in [-0.1, -0.05) is 6.07 Å². The fourth-order valence-electron chi connectivity index (χ4n) is 1.71. The molecular weight excluding hydrogens is 236 g/mol. The van der Waals surface area contributed by atoms with E-state index < -0.39 is 0 Å². The van der Waals surface area contributed by atoms with Gasteiger partial charge in [0.1, 0.15) is 0 Å². The summed E-state index contributed by atoms with van der Waals surface area (Å²) in [4.78, 5) is 16.3. The number of fused-ring (bicyclic) bond motifs is 1. The van der Waals surface area contributed by atoms with Crippen molar-refractivity contribution in [3.8, 4) is 0 Å². The molecule has 0 bridgehead atoms. The lowest BCUT2D eigenvalue weighted by atomic mass is 10.5. The molecule has 3 rings (SSSR count). The fraction of sp³-hybridized carbons (Fsp3) is 0.182. The summed E-state index contributed by atoms with van der Waals surface area (Å²) in [5.74, 6) is 0. The zero-order valence-electron chi connectivity index (χ0n) is 9.20. The third kappa shape index (κ3) is 1.76. The number of thiazole rings is 1. The summed E-state index contributed by atoms with van der Waals surface area (Å²) < 4.78 is 2.96. The second kappa shape index (κ2) is 3.81. The van der Waals surface area contributed by atoms with E-state index in [1.807, 2.05) is 30.5 Å². The highest BCUT2D eigenvalue weighted by atomic mass is 32.1. The highest BCUT2D eigenvalue weighted by Crippen LogP contribution is 2.08. The maximum atomic E-state index is 12.0. The van der Waals surface area contributed by atoms with Crippen molar-refractivity contribution in [3.63, 3.8) is 0 Å². The predicted octanol–water partition coefficient (Wildman–Crippen LogP) is 1.31. The Balaban J connectivity index is 2.06. The van der Waals surface area contributed by atoms with Crippen LogP contribution in [0, 0.1) is 6.92 Å². The second-order valence-electron chi connectivity index (χ2n) is 3.73. The molecule has 0 saturated carbocycles. The first-order valence-corrected chi connectivity index (χ1v) is 6.07. The van der Waals surface area contributed by atoms with Gasteiger partial charge in [0.05, 0.1) is 17.2 Å². The van der Waals surface area contributed by atoms with Crippen LogP contribution in [-0.2, 0) is 6.54 Å². The van der Waals surface area contributed by atoms with Crippen molar-refractivity contribution in [2.24, 2.45) is 0 Å². The molecular formula is C11H10N4OS. The maximum absolute atomic E-state index is 12.0. The zero-order valence-corrected chi connectivity index (χ0v) is 10.0. The average Bonchev–Trinajstić information content (AvgIpc) is 2.86. The summed E-state index contributed by atoms with van der Waals surface area (Å²) in [5, 5.41) is 7.20. The summed E-state index contributed by atoms with van der Waals surface area (Å²) in [6.45, 7) is 2.37. The van der Waals surface area contributed by atoms with Gasteiger partial charge in [-0.15, -0.1) is 16.4 Å². The van der Waals surface area contributed by atoms with Crippen LogP contribution in [0.15, 0.2) is 34.6 Å². The number of pyridine rings is 1. The number of hydrogen-bond donors (Lipinski definition) is 0. The van der Waals surface area contributed by atoms with Crippen molar-refractivity contribution < 1.29 is 0 Å². The van der Waals surface area contributed by atoms with Crippen LogP contribution in [0.4, 0.5) is 0 Å². The Bertz CT molecular complexity index is 724. The molecule has 0 unspecified atom stereocenters. The van der Waals surface area contributed by atoms with E-state index in [0.717, 1.165) is 10.7 Å². The smallest absolute Gasteiger partial charge is 0.250 e. The van der Waals surface area contributed by atoms with Crippen LogP contribution >= 0.6 is 11.3 Å². The normalized spacial score (nSPS) is 11.1. The third-order valence-electron chi connectivity index (χ3n) is 2.47. The van der Waals surface area contributed by atoms with E-state index in [1.54, 1.807) is 17.5 Å². The molecule has 17 heavy (non-hydrogen) atoms. The first kappa shape index (κ1) is 10.2. The van der Waals surface area contributed by atoms with Gasteiger partial charge in [-0.05, 0) is 19.1 Å². The molecule has 5 nitrogen and oxygen atoms in total. The van der Waals surface area contributed by atoms with Crippen LogP contribution in [0.25, 0.3) is 5.65 Å². The van der Waals surface area contributed by atoms with E-state index >= 15 is 0 Å². The number of aryl methyl sites for hydroxylation is 1. The maximum Gasteiger partial charge on any atom is 0.350 e. The number of hydrogen-bond acceptors (Lipinski definition) is 4. The molecule has 0 amide bonds. The van der Waals surface area contributed by atoms with Crippen molar-refractivity contribution in [3.05, 3.63) is 51.0 Å². The Labute approximate surface area is 101 Å². The Morgan fingerprint density at radius 3 is 3.00 bits per heavy atom. The minimum Gasteiger partial charge on any atom is -0.250 e. The van der Waals surface area contributed by atoms with Crippen LogP contribution in [-0.4, -0.2) is 19.2 Å². The zero-order chi connectivity index (χ0) is 11.8. The highest BCUT2D eigenvalue weighted by Gasteiger charge is 2.07. The van der Waals surface area contributed by atoms with Crippen molar-refractivity contribution in [1.82, 2.24) is 19.2 Å². The standard InChI is InChI=1S/C11H10N4OS/c1-8-12-9(7-17-8)6-15-11(16)14-5-3-2-4-10(14)13-15/h2-5,7H,6H2,1H3. The lowest BCUT2D eigenvalue weighted by Crippen LogP contribution is -2.21. The second-order valence-corrected chi connectivity index (χ2v) is 4.79. The van der Waals surface area contributed by atoms with Gasteiger partial charge < -0.3 is 0 Å². The Hall–Kier alpha value is -1.95. The molecule has 6 heteroatoms. The van der Waals surface area contributed by atoms with Crippen LogP contribution < -0.4 is 5.69 Å². The van der Waals surface area contributed by atoms with E-state index in [0.29, 0.717) is 12.2 Å². The number of rotatable bonds is 2. The topological polar surface area (TPSA) is 52.2 Å². The predicted molar refractivity (Wildman–Crippen MR) is 65.4 cm³/mol. The molecule has 0 aliphatic rings. The SMILES string of the molecule is Cc1nc(Cn2nc3ccccn3c2=O)cs1. The molecule has 3 aromatic rings. The van der Waals surface area contributed by atoms with E-state index in [2.05, 4.69) is 10.1 Å². The van der Waals surface area contributed by atoms with Crippen molar-refractivity contribution in [1.29, 1.82) is 0 Å². The number of aromatic nitrogens is 4. The molecule has 0 atom stereocenters. The monoisotopic (exact) mass is 246 g/mol. The first-order valence-electron chi connectivity index (χ1n) is 5.19. The molecule has 3 heterocycles. The van der Waals surface area contributed by atoms with E-state index in [9.17, 15) is 4.79 Å². The summed E-state index contributed by atoms with van der Waals surface area (Å²) in [5.41, 5.74) is 1.40. The summed E-state index contributed by atoms with van der Waals surface area (Å²) in [6.07, 6.45) is 1.72. The quantitative estimate of drug-likeness (QED) is 0.685. The molecule has 0 N–H and O–H groups in total. The minimum atomic E-state index is -0.133. The van der Waals surface area contributed by atoms with Crippen LogP contribution in [0.5, 0.6) is 0 Å². The van der Waals surface area contributed by atoms with Gasteiger partial charge in [-0.25, -0.2) is 14.5 Å². The van der Waals surface area contributed by atoms with Crippen LogP contribution in [0.1, 0.15) is 10.7 Å². The van der Waals surface area contributed by atoms with E-state index in [-0.39, 0.29) is 5.69 Å². The van der Waals surface area contributed by atoms with Gasteiger partial charge in [0.25, 0.3) is 0 Å². The molecule has 0 aromatic carbocycles. The van der Waals surface area contributed by atoms with E-state index in [4.69, 9.17) is 0 Å². The highest BCUT2D eigenvalue weighted by molar-refractivity contribution is 7.09. The molecule has 0 aliphatic heterocycles. The largest absolute Gasteiger partial charge is 0.350 e. The van der Waals surface area contributed by atoms with Gasteiger partial charge >= 0.3 is 5.69 Å².